The van der Waals surface area contributed by atoms with E-state index in [0.29, 0.717) is 11.8 Å². The van der Waals surface area contributed by atoms with Crippen LogP contribution in [0.2, 0.25) is 0 Å². The number of hydrogen-bond donors (Lipinski definition) is 0. The van der Waals surface area contributed by atoms with Crippen molar-refractivity contribution in [1.29, 1.82) is 0 Å². The van der Waals surface area contributed by atoms with Gasteiger partial charge in [-0.15, -0.1) is 0 Å². The molecule has 5 nitrogen and oxygen atoms in total. The molecular weight excluding hydrogens is 228 g/mol. The minimum absolute atomic E-state index is 0.583. The number of amides is 1. The molecule has 2 aliphatic heterocycles. The van der Waals surface area contributed by atoms with Gasteiger partial charge in [0, 0.05) is 49.4 Å². The Kier molecular flexibility index (Phi) is 2.69. The number of aromatic nitrogens is 2. The molecule has 0 aliphatic carbocycles. The Bertz CT molecular complexity index is 442. The Hall–Kier alpha value is -1.65. The topological polar surface area (TPSA) is 49.3 Å². The quantitative estimate of drug-likeness (QED) is 0.718. The first-order valence-corrected chi connectivity index (χ1v) is 6.42. The van der Waals surface area contributed by atoms with Gasteiger partial charge >= 0.3 is 0 Å². The van der Waals surface area contributed by atoms with Crippen LogP contribution in [0.1, 0.15) is 11.4 Å². The van der Waals surface area contributed by atoms with E-state index in [1.54, 1.807) is 0 Å². The summed E-state index contributed by atoms with van der Waals surface area (Å²) in [5.74, 6) is 2.01. The van der Waals surface area contributed by atoms with E-state index in [-0.39, 0.29) is 0 Å². The van der Waals surface area contributed by atoms with Crippen LogP contribution in [-0.4, -0.2) is 47.5 Å². The number of aryl methyl sites for hydroxylation is 2. The Morgan fingerprint density at radius 1 is 1.11 bits per heavy atom. The highest BCUT2D eigenvalue weighted by Crippen LogP contribution is 2.32. The van der Waals surface area contributed by atoms with Crippen molar-refractivity contribution in [3.63, 3.8) is 0 Å². The average molecular weight is 246 g/mol. The third-order valence-electron chi connectivity index (χ3n) is 3.92. The molecule has 0 saturated carbocycles. The molecule has 0 spiro atoms. The Morgan fingerprint density at radius 3 is 2.17 bits per heavy atom. The van der Waals surface area contributed by atoms with Gasteiger partial charge in [-0.1, -0.05) is 0 Å². The molecule has 3 rings (SSSR count). The van der Waals surface area contributed by atoms with Crippen LogP contribution in [-0.2, 0) is 4.79 Å². The van der Waals surface area contributed by atoms with Crippen LogP contribution in [0, 0.1) is 25.7 Å². The molecule has 1 amide bonds. The molecule has 0 bridgehead atoms. The van der Waals surface area contributed by atoms with Crippen molar-refractivity contribution in [2.45, 2.75) is 13.8 Å². The van der Waals surface area contributed by atoms with E-state index in [4.69, 9.17) is 0 Å². The van der Waals surface area contributed by atoms with Gasteiger partial charge in [0.15, 0.2) is 0 Å². The number of rotatable bonds is 2. The summed E-state index contributed by atoms with van der Waals surface area (Å²) in [5, 5.41) is 0. The van der Waals surface area contributed by atoms with Crippen LogP contribution in [0.15, 0.2) is 6.07 Å². The molecular formula is C13H18N4O. The number of anilines is 1. The summed E-state index contributed by atoms with van der Waals surface area (Å²) in [7, 11) is 0. The SMILES string of the molecule is Cc1cc(C)nc(N2C[C@H]3CN(C=O)C[C@H]3C2)n1. The van der Waals surface area contributed by atoms with E-state index < -0.39 is 0 Å². The fourth-order valence-electron chi connectivity index (χ4n) is 3.13. The third-order valence-corrected chi connectivity index (χ3v) is 3.92. The van der Waals surface area contributed by atoms with Gasteiger partial charge in [-0.25, -0.2) is 9.97 Å². The monoisotopic (exact) mass is 246 g/mol. The first-order chi connectivity index (χ1) is 8.65. The second-order valence-electron chi connectivity index (χ2n) is 5.44. The standard InChI is InChI=1S/C13H18N4O/c1-9-3-10(2)15-13(14-9)17-6-11-4-16(8-18)5-12(11)7-17/h3,8,11-12H,4-7H2,1-2H3/t11-,12+. The minimum Gasteiger partial charge on any atom is -0.345 e. The van der Waals surface area contributed by atoms with Crippen molar-refractivity contribution in [1.82, 2.24) is 14.9 Å². The summed E-state index contributed by atoms with van der Waals surface area (Å²) >= 11 is 0. The van der Waals surface area contributed by atoms with Gasteiger partial charge in [-0.2, -0.15) is 0 Å². The third kappa shape index (κ3) is 1.94. The van der Waals surface area contributed by atoms with Crippen molar-refractivity contribution in [3.8, 4) is 0 Å². The first kappa shape index (κ1) is 11.4. The summed E-state index contributed by atoms with van der Waals surface area (Å²) < 4.78 is 0. The van der Waals surface area contributed by atoms with Crippen LogP contribution in [0.3, 0.4) is 0 Å². The fraction of sp³-hybridized carbons (Fsp3) is 0.615. The molecule has 0 aromatic carbocycles. The molecule has 3 heterocycles. The van der Waals surface area contributed by atoms with Gasteiger partial charge in [0.05, 0.1) is 0 Å². The number of carbonyl (C=O) groups is 1. The molecule has 2 fully saturated rings. The highest BCUT2D eigenvalue weighted by Gasteiger charge is 2.40. The van der Waals surface area contributed by atoms with Gasteiger partial charge in [0.25, 0.3) is 0 Å². The van der Waals surface area contributed by atoms with Crippen LogP contribution in [0.25, 0.3) is 0 Å². The molecule has 0 unspecified atom stereocenters. The lowest BCUT2D eigenvalue weighted by molar-refractivity contribution is -0.117. The molecule has 1 aromatic rings. The summed E-state index contributed by atoms with van der Waals surface area (Å²) in [6.07, 6.45) is 0.968. The van der Waals surface area contributed by atoms with Crippen LogP contribution in [0.5, 0.6) is 0 Å². The Morgan fingerprint density at radius 2 is 1.67 bits per heavy atom. The van der Waals surface area contributed by atoms with Gasteiger partial charge in [-0.05, 0) is 19.9 Å². The lowest BCUT2D eigenvalue weighted by Gasteiger charge is -2.20. The molecule has 0 radical (unpaired) electrons. The molecule has 96 valence electrons. The maximum Gasteiger partial charge on any atom is 0.225 e. The highest BCUT2D eigenvalue weighted by molar-refractivity contribution is 5.48. The number of fused-ring (bicyclic) bond motifs is 1. The number of hydrogen-bond acceptors (Lipinski definition) is 4. The molecule has 2 aliphatic rings. The van der Waals surface area contributed by atoms with E-state index in [1.807, 2.05) is 24.8 Å². The van der Waals surface area contributed by atoms with Crippen molar-refractivity contribution in [3.05, 3.63) is 17.5 Å². The lowest BCUT2D eigenvalue weighted by atomic mass is 10.0. The number of nitrogens with zero attached hydrogens (tertiary/aromatic N) is 4. The molecule has 18 heavy (non-hydrogen) atoms. The summed E-state index contributed by atoms with van der Waals surface area (Å²) in [6.45, 7) is 7.72. The predicted octanol–water partition coefficient (Wildman–Crippen LogP) is 0.618. The van der Waals surface area contributed by atoms with E-state index in [0.717, 1.165) is 49.9 Å². The van der Waals surface area contributed by atoms with Gasteiger partial charge in [0.2, 0.25) is 12.4 Å². The minimum atomic E-state index is 0.583. The zero-order valence-electron chi connectivity index (χ0n) is 10.8. The van der Waals surface area contributed by atoms with Crippen LogP contribution >= 0.6 is 0 Å². The van der Waals surface area contributed by atoms with Crippen LogP contribution < -0.4 is 4.90 Å². The summed E-state index contributed by atoms with van der Waals surface area (Å²) in [4.78, 5) is 23.9. The normalized spacial score (nSPS) is 26.6. The number of likely N-dealkylation sites (tertiary alicyclic amines) is 1. The summed E-state index contributed by atoms with van der Waals surface area (Å²) in [5.41, 5.74) is 2.04. The Balaban J connectivity index is 1.75. The second-order valence-corrected chi connectivity index (χ2v) is 5.44. The summed E-state index contributed by atoms with van der Waals surface area (Å²) in [6, 6.07) is 1.99. The molecule has 0 N–H and O–H groups in total. The lowest BCUT2D eigenvalue weighted by Crippen LogP contribution is -2.29. The van der Waals surface area contributed by atoms with E-state index in [2.05, 4.69) is 14.9 Å². The molecule has 1 aromatic heterocycles. The van der Waals surface area contributed by atoms with Crippen molar-refractivity contribution in [2.75, 3.05) is 31.1 Å². The van der Waals surface area contributed by atoms with E-state index in [9.17, 15) is 4.79 Å². The van der Waals surface area contributed by atoms with Gasteiger partial charge in [-0.3, -0.25) is 4.79 Å². The predicted molar refractivity (Wildman–Crippen MR) is 68.3 cm³/mol. The molecule has 2 atom stereocenters. The fourth-order valence-corrected chi connectivity index (χ4v) is 3.13. The second kappa shape index (κ2) is 4.23. The zero-order valence-corrected chi connectivity index (χ0v) is 10.8. The van der Waals surface area contributed by atoms with Gasteiger partial charge in [0.1, 0.15) is 0 Å². The average Bonchev–Trinajstić information content (AvgIpc) is 2.84. The van der Waals surface area contributed by atoms with Crippen molar-refractivity contribution < 1.29 is 4.79 Å². The molecule has 5 heteroatoms. The van der Waals surface area contributed by atoms with Gasteiger partial charge < -0.3 is 9.80 Å². The Labute approximate surface area is 107 Å². The largest absolute Gasteiger partial charge is 0.345 e. The first-order valence-electron chi connectivity index (χ1n) is 6.42. The maximum absolute atomic E-state index is 10.8. The smallest absolute Gasteiger partial charge is 0.225 e. The van der Waals surface area contributed by atoms with E-state index in [1.165, 1.54) is 0 Å². The van der Waals surface area contributed by atoms with E-state index >= 15 is 0 Å². The highest BCUT2D eigenvalue weighted by atomic mass is 16.1. The zero-order chi connectivity index (χ0) is 12.7. The number of carbonyl (C=O) groups excluding carboxylic acids is 1. The van der Waals surface area contributed by atoms with Crippen molar-refractivity contribution in [2.24, 2.45) is 11.8 Å². The molecule has 2 saturated heterocycles. The van der Waals surface area contributed by atoms with Crippen LogP contribution in [0.4, 0.5) is 5.95 Å². The maximum atomic E-state index is 10.8. The van der Waals surface area contributed by atoms with Crippen molar-refractivity contribution >= 4 is 12.4 Å².